The van der Waals surface area contributed by atoms with Crippen molar-refractivity contribution in [2.45, 2.75) is 0 Å². The normalized spacial score (nSPS) is 10.3. The van der Waals surface area contributed by atoms with E-state index in [4.69, 9.17) is 9.84 Å². The quantitative estimate of drug-likeness (QED) is 0.460. The Balaban J connectivity index is 2.72. The molecule has 0 aliphatic rings. The van der Waals surface area contributed by atoms with Crippen LogP contribution in [0.15, 0.2) is 24.3 Å². The topological polar surface area (TPSA) is 93.1 Å². The van der Waals surface area contributed by atoms with Gasteiger partial charge in [-0.2, -0.15) is 0 Å². The first-order chi connectivity index (χ1) is 8.56. The fourth-order valence-electron chi connectivity index (χ4n) is 1.14. The molecular weight excluding hydrogens is 240 g/mol. The summed E-state index contributed by atoms with van der Waals surface area (Å²) in [7, 11) is 1.40. The summed E-state index contributed by atoms with van der Waals surface area (Å²) in [5.74, 6) is -1.67. The van der Waals surface area contributed by atoms with Crippen molar-refractivity contribution in [2.24, 2.45) is 0 Å². The molecule has 0 aromatic heterocycles. The van der Waals surface area contributed by atoms with Crippen LogP contribution in [0.2, 0.25) is 0 Å². The summed E-state index contributed by atoms with van der Waals surface area (Å²) < 4.78 is 9.09. The van der Waals surface area contributed by atoms with Crippen LogP contribution in [0.1, 0.15) is 5.56 Å². The lowest BCUT2D eigenvalue weighted by Crippen LogP contribution is -2.13. The van der Waals surface area contributed by atoms with E-state index in [0.717, 1.165) is 6.08 Å². The Morgan fingerprint density at radius 2 is 2.11 bits per heavy atom. The van der Waals surface area contributed by atoms with Gasteiger partial charge < -0.3 is 19.7 Å². The lowest BCUT2D eigenvalue weighted by atomic mass is 10.2. The summed E-state index contributed by atoms with van der Waals surface area (Å²) in [4.78, 5) is 21.7. The number of ether oxygens (including phenoxy) is 2. The predicted molar refractivity (Wildman–Crippen MR) is 61.9 cm³/mol. The van der Waals surface area contributed by atoms with Gasteiger partial charge in [-0.3, -0.25) is 0 Å². The molecule has 2 N–H and O–H groups in total. The SMILES string of the molecule is COc1cc(/C=C/C(=O)OC(=O)CO)ccc1O. The summed E-state index contributed by atoms with van der Waals surface area (Å²) in [5.41, 5.74) is 0.582. The second-order valence-electron chi connectivity index (χ2n) is 3.22. The molecule has 0 fully saturated rings. The van der Waals surface area contributed by atoms with Crippen molar-refractivity contribution in [3.63, 3.8) is 0 Å². The molecule has 0 atom stereocenters. The maximum Gasteiger partial charge on any atom is 0.339 e. The highest BCUT2D eigenvalue weighted by atomic mass is 16.6. The lowest BCUT2D eigenvalue weighted by molar-refractivity contribution is -0.158. The van der Waals surface area contributed by atoms with E-state index in [1.54, 1.807) is 6.07 Å². The molecule has 1 rings (SSSR count). The average Bonchev–Trinajstić information content (AvgIpc) is 2.37. The molecule has 0 saturated heterocycles. The molecule has 0 aliphatic carbocycles. The summed E-state index contributed by atoms with van der Waals surface area (Å²) in [5, 5.41) is 17.7. The van der Waals surface area contributed by atoms with Crippen LogP contribution in [0.4, 0.5) is 0 Å². The van der Waals surface area contributed by atoms with E-state index in [1.807, 2.05) is 0 Å². The molecule has 0 amide bonds. The second kappa shape index (κ2) is 6.41. The number of carbonyl (C=O) groups excluding carboxylic acids is 2. The van der Waals surface area contributed by atoms with Gasteiger partial charge in [0.15, 0.2) is 11.5 Å². The number of rotatable bonds is 4. The number of carbonyl (C=O) groups is 2. The molecule has 6 nitrogen and oxygen atoms in total. The first kappa shape index (κ1) is 13.7. The molecule has 0 spiro atoms. The van der Waals surface area contributed by atoms with E-state index in [1.165, 1.54) is 25.3 Å². The van der Waals surface area contributed by atoms with Gasteiger partial charge in [0.1, 0.15) is 6.61 Å². The summed E-state index contributed by atoms with van der Waals surface area (Å²) in [6, 6.07) is 4.46. The van der Waals surface area contributed by atoms with Crippen LogP contribution in [0.3, 0.4) is 0 Å². The molecule has 6 heteroatoms. The third-order valence-electron chi connectivity index (χ3n) is 1.96. The van der Waals surface area contributed by atoms with Gasteiger partial charge in [0.2, 0.25) is 0 Å². The Kier molecular flexibility index (Phi) is 4.89. The molecule has 1 aromatic rings. The van der Waals surface area contributed by atoms with Crippen molar-refractivity contribution < 1.29 is 29.3 Å². The highest BCUT2D eigenvalue weighted by molar-refractivity contribution is 5.95. The number of benzene rings is 1. The Labute approximate surface area is 103 Å². The number of phenols is 1. The maximum absolute atomic E-state index is 11.1. The first-order valence-electron chi connectivity index (χ1n) is 4.97. The highest BCUT2D eigenvalue weighted by Crippen LogP contribution is 2.26. The standard InChI is InChI=1S/C12H12O6/c1-17-10-6-8(2-4-9(10)14)3-5-11(15)18-12(16)7-13/h2-6,13-14H,7H2,1H3/b5-3+. The molecule has 0 heterocycles. The molecular formula is C12H12O6. The molecule has 0 unspecified atom stereocenters. The van der Waals surface area contributed by atoms with Gasteiger partial charge in [-0.25, -0.2) is 9.59 Å². The molecule has 96 valence electrons. The fraction of sp³-hybridized carbons (Fsp3) is 0.167. The van der Waals surface area contributed by atoms with Crippen molar-refractivity contribution >= 4 is 18.0 Å². The van der Waals surface area contributed by atoms with Crippen LogP contribution in [0, 0.1) is 0 Å². The van der Waals surface area contributed by atoms with E-state index < -0.39 is 18.5 Å². The average molecular weight is 252 g/mol. The molecule has 18 heavy (non-hydrogen) atoms. The van der Waals surface area contributed by atoms with E-state index in [-0.39, 0.29) is 11.5 Å². The highest BCUT2D eigenvalue weighted by Gasteiger charge is 2.05. The van der Waals surface area contributed by atoms with Crippen LogP contribution in [-0.2, 0) is 14.3 Å². The number of phenolic OH excluding ortho intramolecular Hbond substituents is 1. The summed E-state index contributed by atoms with van der Waals surface area (Å²) in [6.45, 7) is -0.855. The Morgan fingerprint density at radius 3 is 2.72 bits per heavy atom. The zero-order chi connectivity index (χ0) is 13.5. The number of hydrogen-bond acceptors (Lipinski definition) is 6. The third kappa shape index (κ3) is 3.91. The molecule has 1 aromatic carbocycles. The Bertz CT molecular complexity index is 477. The minimum Gasteiger partial charge on any atom is -0.504 e. The predicted octanol–water partition coefficient (Wildman–Crippen LogP) is 0.476. The van der Waals surface area contributed by atoms with Crippen LogP contribution >= 0.6 is 0 Å². The van der Waals surface area contributed by atoms with Gasteiger partial charge in [-0.1, -0.05) is 6.07 Å². The zero-order valence-electron chi connectivity index (χ0n) is 9.62. The van der Waals surface area contributed by atoms with E-state index >= 15 is 0 Å². The number of aliphatic hydroxyl groups is 1. The van der Waals surface area contributed by atoms with Gasteiger partial charge in [-0.05, 0) is 23.8 Å². The van der Waals surface area contributed by atoms with E-state index in [9.17, 15) is 14.7 Å². The second-order valence-corrected chi connectivity index (χ2v) is 3.22. The van der Waals surface area contributed by atoms with Crippen molar-refractivity contribution in [3.8, 4) is 11.5 Å². The van der Waals surface area contributed by atoms with E-state index in [0.29, 0.717) is 5.56 Å². The van der Waals surface area contributed by atoms with E-state index in [2.05, 4.69) is 4.74 Å². The number of hydrogen-bond donors (Lipinski definition) is 2. The van der Waals surface area contributed by atoms with Crippen LogP contribution in [0.5, 0.6) is 11.5 Å². The largest absolute Gasteiger partial charge is 0.504 e. The van der Waals surface area contributed by atoms with Crippen molar-refractivity contribution in [1.29, 1.82) is 0 Å². The molecule has 0 saturated carbocycles. The summed E-state index contributed by atoms with van der Waals surface area (Å²) in [6.07, 6.45) is 2.41. The van der Waals surface area contributed by atoms with Crippen LogP contribution < -0.4 is 4.74 Å². The third-order valence-corrected chi connectivity index (χ3v) is 1.96. The van der Waals surface area contributed by atoms with Crippen molar-refractivity contribution in [1.82, 2.24) is 0 Å². The van der Waals surface area contributed by atoms with Crippen molar-refractivity contribution in [2.75, 3.05) is 13.7 Å². The lowest BCUT2D eigenvalue weighted by Gasteiger charge is -2.03. The van der Waals surface area contributed by atoms with Gasteiger partial charge in [0, 0.05) is 6.08 Å². The van der Waals surface area contributed by atoms with Gasteiger partial charge in [-0.15, -0.1) is 0 Å². The molecule has 0 bridgehead atoms. The van der Waals surface area contributed by atoms with Gasteiger partial charge in [0.05, 0.1) is 7.11 Å². The van der Waals surface area contributed by atoms with Gasteiger partial charge in [0.25, 0.3) is 0 Å². The fourth-order valence-corrected chi connectivity index (χ4v) is 1.14. The first-order valence-corrected chi connectivity index (χ1v) is 4.97. The maximum atomic E-state index is 11.1. The number of aromatic hydroxyl groups is 1. The summed E-state index contributed by atoms with van der Waals surface area (Å²) >= 11 is 0. The zero-order valence-corrected chi connectivity index (χ0v) is 9.62. The van der Waals surface area contributed by atoms with Crippen LogP contribution in [-0.4, -0.2) is 35.9 Å². The van der Waals surface area contributed by atoms with Gasteiger partial charge >= 0.3 is 11.9 Å². The minimum absolute atomic E-state index is 0.0207. The minimum atomic E-state index is -1.02. The Morgan fingerprint density at radius 1 is 1.39 bits per heavy atom. The molecule has 0 aliphatic heterocycles. The monoisotopic (exact) mass is 252 g/mol. The van der Waals surface area contributed by atoms with Crippen LogP contribution in [0.25, 0.3) is 6.08 Å². The van der Waals surface area contributed by atoms with Crippen molar-refractivity contribution in [3.05, 3.63) is 29.8 Å². The number of methoxy groups -OCH3 is 1. The number of aliphatic hydroxyl groups excluding tert-OH is 1. The molecule has 0 radical (unpaired) electrons. The smallest absolute Gasteiger partial charge is 0.339 e. The number of esters is 2. The Hall–Kier alpha value is -2.34.